The summed E-state index contributed by atoms with van der Waals surface area (Å²) in [5.41, 5.74) is 4.11. The van der Waals surface area contributed by atoms with Crippen molar-refractivity contribution in [3.8, 4) is 5.95 Å². The molecule has 0 aromatic carbocycles. The van der Waals surface area contributed by atoms with Crippen LogP contribution in [0.25, 0.3) is 0 Å². The summed E-state index contributed by atoms with van der Waals surface area (Å²) in [6, 6.07) is 0. The molecule has 5 atom stereocenters. The molecule has 0 unspecified atom stereocenters. The first-order chi connectivity index (χ1) is 17.9. The summed E-state index contributed by atoms with van der Waals surface area (Å²) >= 11 is 0. The second kappa shape index (κ2) is 11.4. The van der Waals surface area contributed by atoms with Crippen molar-refractivity contribution in [2.45, 2.75) is 131 Å². The summed E-state index contributed by atoms with van der Waals surface area (Å²) in [4.78, 5) is 13.5. The predicted octanol–water partition coefficient (Wildman–Crippen LogP) is 9.33. The van der Waals surface area contributed by atoms with Crippen molar-refractivity contribution in [1.82, 2.24) is 0 Å². The molecule has 2 aliphatic carbocycles. The molecule has 1 heterocycles. The van der Waals surface area contributed by atoms with Gasteiger partial charge in [-0.1, -0.05) is 58.4 Å². The van der Waals surface area contributed by atoms with E-state index in [0.717, 1.165) is 38.5 Å². The average molecular weight is 557 g/mol. The maximum absolute atomic E-state index is 13.5. The Hall–Kier alpha value is -1.59. The standard InChI is InChI=1S/C34H56O4Si/c1-22(2)15-14-19-34(10)28-17-16-23(3)27(21-26-30(35)24(4)25(5)37-31(26)36-11)33(28,9)20-18-29(34)38-39(12,13)32(6,7)8/h15,27-29H,3,14,16-21H2,1-2,4-13H3/t27-,28-,29+,33-,34+/m1/s1. The molecule has 0 amide bonds. The smallest absolute Gasteiger partial charge is 0.291 e. The van der Waals surface area contributed by atoms with Gasteiger partial charge in [-0.2, -0.15) is 0 Å². The van der Waals surface area contributed by atoms with E-state index in [-0.39, 0.29) is 33.3 Å². The van der Waals surface area contributed by atoms with Crippen LogP contribution in [-0.2, 0) is 10.8 Å². The lowest BCUT2D eigenvalue weighted by molar-refractivity contribution is -0.130. The molecular weight excluding hydrogens is 500 g/mol. The number of hydrogen-bond donors (Lipinski definition) is 0. The first-order valence-electron chi connectivity index (χ1n) is 15.0. The minimum Gasteiger partial charge on any atom is -0.468 e. The number of aryl methyl sites for hydroxylation is 1. The molecule has 0 spiro atoms. The highest BCUT2D eigenvalue weighted by atomic mass is 28.4. The Bertz CT molecular complexity index is 1150. The molecule has 1 aromatic rings. The maximum atomic E-state index is 13.5. The second-order valence-electron chi connectivity index (χ2n) is 14.8. The van der Waals surface area contributed by atoms with Crippen molar-refractivity contribution in [2.24, 2.45) is 22.7 Å². The molecule has 2 fully saturated rings. The summed E-state index contributed by atoms with van der Waals surface area (Å²) in [5.74, 6) is 1.68. The molecule has 0 N–H and O–H groups in total. The topological polar surface area (TPSA) is 48.7 Å². The van der Waals surface area contributed by atoms with Crippen molar-refractivity contribution in [1.29, 1.82) is 0 Å². The molecule has 1 aromatic heterocycles. The van der Waals surface area contributed by atoms with E-state index in [4.69, 9.17) is 13.6 Å². The monoisotopic (exact) mass is 556 g/mol. The van der Waals surface area contributed by atoms with Gasteiger partial charge in [0.1, 0.15) is 5.76 Å². The van der Waals surface area contributed by atoms with Crippen LogP contribution in [-0.4, -0.2) is 21.5 Å². The predicted molar refractivity (Wildman–Crippen MR) is 166 cm³/mol. The van der Waals surface area contributed by atoms with Gasteiger partial charge in [-0.25, -0.2) is 0 Å². The van der Waals surface area contributed by atoms with E-state index < -0.39 is 8.32 Å². The van der Waals surface area contributed by atoms with Gasteiger partial charge in [-0.15, -0.1) is 0 Å². The van der Waals surface area contributed by atoms with Crippen molar-refractivity contribution < 1.29 is 13.6 Å². The molecule has 5 heteroatoms. The lowest BCUT2D eigenvalue weighted by atomic mass is 9.45. The van der Waals surface area contributed by atoms with E-state index in [1.165, 1.54) is 11.1 Å². The number of fused-ring (bicyclic) bond motifs is 1. The van der Waals surface area contributed by atoms with Crippen molar-refractivity contribution in [3.05, 3.63) is 50.9 Å². The van der Waals surface area contributed by atoms with Crippen LogP contribution in [0.2, 0.25) is 18.1 Å². The molecule has 0 aliphatic heterocycles. The Morgan fingerprint density at radius 3 is 2.38 bits per heavy atom. The van der Waals surface area contributed by atoms with Crippen LogP contribution in [0.15, 0.2) is 33.0 Å². The highest BCUT2D eigenvalue weighted by molar-refractivity contribution is 6.74. The zero-order chi connectivity index (χ0) is 29.6. The number of rotatable bonds is 8. The fourth-order valence-electron chi connectivity index (χ4n) is 7.38. The summed E-state index contributed by atoms with van der Waals surface area (Å²) in [6.45, 7) is 29.5. The summed E-state index contributed by atoms with van der Waals surface area (Å²) in [5, 5.41) is 0.172. The summed E-state index contributed by atoms with van der Waals surface area (Å²) < 4.78 is 18.9. The molecule has 0 bridgehead atoms. The Labute approximate surface area is 239 Å². The first kappa shape index (κ1) is 31.9. The number of allylic oxidation sites excluding steroid dienone is 3. The fourth-order valence-corrected chi connectivity index (χ4v) is 8.83. The van der Waals surface area contributed by atoms with E-state index in [1.807, 2.05) is 13.8 Å². The summed E-state index contributed by atoms with van der Waals surface area (Å²) in [6.07, 6.45) is 9.71. The van der Waals surface area contributed by atoms with Crippen LogP contribution in [0.1, 0.15) is 104 Å². The van der Waals surface area contributed by atoms with Gasteiger partial charge in [0.05, 0.1) is 18.8 Å². The van der Waals surface area contributed by atoms with E-state index in [2.05, 4.69) is 74.2 Å². The van der Waals surface area contributed by atoms with Crippen LogP contribution < -0.4 is 10.2 Å². The Kier molecular flexibility index (Phi) is 9.29. The van der Waals surface area contributed by atoms with Gasteiger partial charge in [-0.05, 0) is 113 Å². The molecular formula is C34H56O4Si. The van der Waals surface area contributed by atoms with Gasteiger partial charge < -0.3 is 13.6 Å². The van der Waals surface area contributed by atoms with Gasteiger partial charge >= 0.3 is 0 Å². The van der Waals surface area contributed by atoms with E-state index in [9.17, 15) is 4.79 Å². The molecule has 39 heavy (non-hydrogen) atoms. The minimum absolute atomic E-state index is 0.0264. The van der Waals surface area contributed by atoms with Crippen LogP contribution in [0, 0.1) is 36.5 Å². The lowest BCUT2D eigenvalue weighted by Gasteiger charge is -2.62. The van der Waals surface area contributed by atoms with E-state index in [0.29, 0.717) is 35.2 Å². The number of methoxy groups -OCH3 is 1. The molecule has 4 nitrogen and oxygen atoms in total. The van der Waals surface area contributed by atoms with Gasteiger partial charge in [0.2, 0.25) is 0 Å². The third kappa shape index (κ3) is 6.05. The zero-order valence-corrected chi connectivity index (χ0v) is 28.1. The molecule has 3 rings (SSSR count). The largest absolute Gasteiger partial charge is 0.468 e. The normalized spacial score (nSPS) is 29.6. The molecule has 0 radical (unpaired) electrons. The highest BCUT2D eigenvalue weighted by Crippen LogP contribution is 2.64. The third-order valence-corrected chi connectivity index (χ3v) is 15.5. The SMILES string of the molecule is C=C1CC[C@H]2[C@](C)(CCC=C(C)C)[C@@H](O[Si](C)(C)C(C)(C)C)CC[C@]2(C)[C@@H]1Cc1c(OC)oc(C)c(C)c1=O. The second-order valence-corrected chi connectivity index (χ2v) is 19.6. The Morgan fingerprint density at radius 2 is 1.82 bits per heavy atom. The fraction of sp³-hybridized carbons (Fsp3) is 0.735. The maximum Gasteiger partial charge on any atom is 0.291 e. The average Bonchev–Trinajstić information content (AvgIpc) is 2.82. The molecule has 2 saturated carbocycles. The van der Waals surface area contributed by atoms with Crippen LogP contribution in [0.3, 0.4) is 0 Å². The number of ether oxygens (including phenoxy) is 1. The van der Waals surface area contributed by atoms with Gasteiger partial charge in [-0.3, -0.25) is 4.79 Å². The molecule has 0 saturated heterocycles. The van der Waals surface area contributed by atoms with E-state index in [1.54, 1.807) is 7.11 Å². The van der Waals surface area contributed by atoms with Gasteiger partial charge in [0.25, 0.3) is 5.95 Å². The van der Waals surface area contributed by atoms with Gasteiger partial charge in [0.15, 0.2) is 13.7 Å². The van der Waals surface area contributed by atoms with Crippen LogP contribution >= 0.6 is 0 Å². The third-order valence-electron chi connectivity index (χ3n) is 11.0. The van der Waals surface area contributed by atoms with Crippen molar-refractivity contribution in [2.75, 3.05) is 7.11 Å². The van der Waals surface area contributed by atoms with E-state index >= 15 is 0 Å². The number of hydrogen-bond acceptors (Lipinski definition) is 4. The van der Waals surface area contributed by atoms with Crippen molar-refractivity contribution in [3.63, 3.8) is 0 Å². The van der Waals surface area contributed by atoms with Crippen LogP contribution in [0.4, 0.5) is 0 Å². The quantitative estimate of drug-likeness (QED) is 0.236. The van der Waals surface area contributed by atoms with Crippen molar-refractivity contribution >= 4 is 8.32 Å². The first-order valence-corrected chi connectivity index (χ1v) is 18.0. The van der Waals surface area contributed by atoms with Gasteiger partial charge in [0, 0.05) is 5.56 Å². The molecule has 2 aliphatic rings. The Morgan fingerprint density at radius 1 is 1.18 bits per heavy atom. The highest BCUT2D eigenvalue weighted by Gasteiger charge is 2.59. The van der Waals surface area contributed by atoms with Crippen LogP contribution in [0.5, 0.6) is 5.95 Å². The summed E-state index contributed by atoms with van der Waals surface area (Å²) in [7, 11) is -0.352. The molecule has 220 valence electrons. The Balaban J connectivity index is 2.07. The minimum atomic E-state index is -1.95. The lowest BCUT2D eigenvalue weighted by Crippen LogP contribution is -2.59. The zero-order valence-electron chi connectivity index (χ0n) is 27.1.